The Labute approximate surface area is 143 Å². The Hall–Kier alpha value is -2.17. The van der Waals surface area contributed by atoms with Crippen molar-refractivity contribution in [2.24, 2.45) is 0 Å². The van der Waals surface area contributed by atoms with Gasteiger partial charge in [-0.3, -0.25) is 9.69 Å². The normalized spacial score (nSPS) is 15.2. The van der Waals surface area contributed by atoms with Crippen LogP contribution in [0.1, 0.15) is 22.3 Å². The molecule has 1 N–H and O–H groups in total. The first-order valence-electron chi connectivity index (χ1n) is 8.57. The van der Waals surface area contributed by atoms with Crippen molar-refractivity contribution >= 4 is 11.5 Å². The van der Waals surface area contributed by atoms with E-state index in [2.05, 4.69) is 10.2 Å². The number of nitrogens with one attached hydrogen (secondary N) is 1. The van der Waals surface area contributed by atoms with Crippen LogP contribution in [0.4, 0.5) is 5.69 Å². The summed E-state index contributed by atoms with van der Waals surface area (Å²) in [6.45, 7) is 5.62. The van der Waals surface area contributed by atoms with Gasteiger partial charge in [-0.25, -0.2) is 0 Å². The molecule has 2 aromatic carbocycles. The molecule has 3 rings (SSSR count). The summed E-state index contributed by atoms with van der Waals surface area (Å²) in [5.41, 5.74) is 2.36. The summed E-state index contributed by atoms with van der Waals surface area (Å²) < 4.78 is 5.36. The van der Waals surface area contributed by atoms with Crippen LogP contribution >= 0.6 is 0 Å². The molecule has 0 unspecified atom stereocenters. The van der Waals surface area contributed by atoms with Crippen LogP contribution in [0.3, 0.4) is 0 Å². The average molecular weight is 324 g/mol. The number of carbonyl (C=O) groups is 1. The molecule has 4 heteroatoms. The molecule has 1 saturated heterocycles. The maximum absolute atomic E-state index is 12.7. The quantitative estimate of drug-likeness (QED) is 0.628. The molecule has 0 atom stereocenters. The molecule has 24 heavy (non-hydrogen) atoms. The Morgan fingerprint density at radius 2 is 1.71 bits per heavy atom. The van der Waals surface area contributed by atoms with Gasteiger partial charge >= 0.3 is 0 Å². The lowest BCUT2D eigenvalue weighted by atomic mass is 10.0. The van der Waals surface area contributed by atoms with Gasteiger partial charge in [0, 0.05) is 36.4 Å². The maximum atomic E-state index is 12.7. The summed E-state index contributed by atoms with van der Waals surface area (Å²) in [5.74, 6) is 0.0619. The van der Waals surface area contributed by atoms with Gasteiger partial charge in [-0.1, -0.05) is 42.5 Å². The number of morpholine rings is 1. The lowest BCUT2D eigenvalue weighted by molar-refractivity contribution is 0.0378. The number of hydrogen-bond acceptors (Lipinski definition) is 4. The average Bonchev–Trinajstić information content (AvgIpc) is 2.66. The van der Waals surface area contributed by atoms with Crippen LogP contribution < -0.4 is 5.32 Å². The minimum absolute atomic E-state index is 0.0619. The second kappa shape index (κ2) is 8.62. The summed E-state index contributed by atoms with van der Waals surface area (Å²) in [5, 5.41) is 3.42. The number of para-hydroxylation sites is 1. The first-order chi connectivity index (χ1) is 11.8. The van der Waals surface area contributed by atoms with E-state index in [1.165, 1.54) is 0 Å². The molecule has 1 fully saturated rings. The van der Waals surface area contributed by atoms with Crippen LogP contribution in [0.2, 0.25) is 0 Å². The Morgan fingerprint density at radius 1 is 1.00 bits per heavy atom. The highest BCUT2D eigenvalue weighted by Crippen LogP contribution is 2.19. The third kappa shape index (κ3) is 4.43. The van der Waals surface area contributed by atoms with Crippen molar-refractivity contribution in [3.63, 3.8) is 0 Å². The molecule has 0 bridgehead atoms. The zero-order valence-corrected chi connectivity index (χ0v) is 13.9. The lowest BCUT2D eigenvalue weighted by Crippen LogP contribution is -2.37. The number of hydrogen-bond donors (Lipinski definition) is 1. The highest BCUT2D eigenvalue weighted by atomic mass is 16.5. The van der Waals surface area contributed by atoms with Crippen molar-refractivity contribution in [1.29, 1.82) is 0 Å². The predicted octanol–water partition coefficient (Wildman–Crippen LogP) is 3.05. The minimum atomic E-state index is 0.0619. The van der Waals surface area contributed by atoms with Gasteiger partial charge in [0.15, 0.2) is 5.78 Å². The molecule has 0 spiro atoms. The van der Waals surface area contributed by atoms with Crippen molar-refractivity contribution < 1.29 is 9.53 Å². The number of benzene rings is 2. The fourth-order valence-corrected chi connectivity index (χ4v) is 2.93. The first kappa shape index (κ1) is 16.7. The van der Waals surface area contributed by atoms with E-state index in [4.69, 9.17) is 4.74 Å². The van der Waals surface area contributed by atoms with Crippen molar-refractivity contribution in [2.75, 3.05) is 44.7 Å². The zero-order valence-electron chi connectivity index (χ0n) is 13.9. The maximum Gasteiger partial charge on any atom is 0.195 e. The number of carbonyl (C=O) groups excluding carboxylic acids is 1. The standard InChI is InChI=1S/C20H24N2O2/c23-20(17-7-2-1-3-8-17)18-9-4-5-10-19(18)21-11-6-12-22-13-15-24-16-14-22/h1-5,7-10,21H,6,11-16H2. The van der Waals surface area contributed by atoms with Gasteiger partial charge < -0.3 is 10.1 Å². The van der Waals surface area contributed by atoms with E-state index >= 15 is 0 Å². The van der Waals surface area contributed by atoms with Gasteiger partial charge in [0.1, 0.15) is 0 Å². The van der Waals surface area contributed by atoms with E-state index in [0.717, 1.165) is 62.6 Å². The van der Waals surface area contributed by atoms with Crippen molar-refractivity contribution in [1.82, 2.24) is 4.90 Å². The van der Waals surface area contributed by atoms with Gasteiger partial charge in [-0.05, 0) is 25.1 Å². The molecular weight excluding hydrogens is 300 g/mol. The number of ether oxygens (including phenoxy) is 1. The molecule has 4 nitrogen and oxygen atoms in total. The van der Waals surface area contributed by atoms with E-state index in [0.29, 0.717) is 0 Å². The largest absolute Gasteiger partial charge is 0.384 e. The molecule has 0 radical (unpaired) electrons. The fraction of sp³-hybridized carbons (Fsp3) is 0.350. The number of ketones is 1. The SMILES string of the molecule is O=C(c1ccccc1)c1ccccc1NCCCN1CCOCC1. The van der Waals surface area contributed by atoms with Crippen LogP contribution in [-0.2, 0) is 4.74 Å². The third-order valence-electron chi connectivity index (χ3n) is 4.28. The summed E-state index contributed by atoms with van der Waals surface area (Å²) in [6.07, 6.45) is 1.05. The van der Waals surface area contributed by atoms with Crippen LogP contribution in [0.15, 0.2) is 54.6 Å². The zero-order chi connectivity index (χ0) is 16.6. The van der Waals surface area contributed by atoms with Gasteiger partial charge in [-0.2, -0.15) is 0 Å². The predicted molar refractivity (Wildman–Crippen MR) is 96.7 cm³/mol. The fourth-order valence-electron chi connectivity index (χ4n) is 2.93. The Bertz CT molecular complexity index is 652. The Balaban J connectivity index is 1.57. The number of rotatable bonds is 7. The Morgan fingerprint density at radius 3 is 2.50 bits per heavy atom. The molecule has 126 valence electrons. The molecule has 0 saturated carbocycles. The van der Waals surface area contributed by atoms with Gasteiger partial charge in [-0.15, -0.1) is 0 Å². The molecule has 1 heterocycles. The highest BCUT2D eigenvalue weighted by molar-refractivity contribution is 6.12. The highest BCUT2D eigenvalue weighted by Gasteiger charge is 2.13. The van der Waals surface area contributed by atoms with Crippen molar-refractivity contribution in [3.05, 3.63) is 65.7 Å². The lowest BCUT2D eigenvalue weighted by Gasteiger charge is -2.26. The molecular formula is C20H24N2O2. The van der Waals surface area contributed by atoms with Gasteiger partial charge in [0.2, 0.25) is 0 Å². The molecule has 0 aliphatic carbocycles. The minimum Gasteiger partial charge on any atom is -0.384 e. The molecule has 1 aliphatic rings. The molecule has 0 aromatic heterocycles. The second-order valence-corrected chi connectivity index (χ2v) is 5.98. The Kier molecular flexibility index (Phi) is 5.99. The third-order valence-corrected chi connectivity index (χ3v) is 4.28. The molecule has 0 amide bonds. The topological polar surface area (TPSA) is 41.6 Å². The smallest absolute Gasteiger partial charge is 0.195 e. The monoisotopic (exact) mass is 324 g/mol. The van der Waals surface area contributed by atoms with E-state index in [9.17, 15) is 4.79 Å². The summed E-state index contributed by atoms with van der Waals surface area (Å²) in [7, 11) is 0. The van der Waals surface area contributed by atoms with Gasteiger partial charge in [0.25, 0.3) is 0 Å². The van der Waals surface area contributed by atoms with Crippen molar-refractivity contribution in [3.8, 4) is 0 Å². The van der Waals surface area contributed by atoms with Crippen molar-refractivity contribution in [2.45, 2.75) is 6.42 Å². The van der Waals surface area contributed by atoms with Crippen LogP contribution in [0, 0.1) is 0 Å². The first-order valence-corrected chi connectivity index (χ1v) is 8.57. The second-order valence-electron chi connectivity index (χ2n) is 5.98. The van der Waals surface area contributed by atoms with Crippen LogP contribution in [-0.4, -0.2) is 50.1 Å². The van der Waals surface area contributed by atoms with E-state index in [-0.39, 0.29) is 5.78 Å². The van der Waals surface area contributed by atoms with Crippen LogP contribution in [0.5, 0.6) is 0 Å². The summed E-state index contributed by atoms with van der Waals surface area (Å²) in [6, 6.07) is 17.2. The summed E-state index contributed by atoms with van der Waals surface area (Å²) >= 11 is 0. The van der Waals surface area contributed by atoms with Crippen LogP contribution in [0.25, 0.3) is 0 Å². The number of nitrogens with zero attached hydrogens (tertiary/aromatic N) is 1. The molecule has 1 aliphatic heterocycles. The number of anilines is 1. The van der Waals surface area contributed by atoms with E-state index in [1.54, 1.807) is 0 Å². The van der Waals surface area contributed by atoms with E-state index < -0.39 is 0 Å². The van der Waals surface area contributed by atoms with Gasteiger partial charge in [0.05, 0.1) is 13.2 Å². The van der Waals surface area contributed by atoms with E-state index in [1.807, 2.05) is 54.6 Å². The molecule has 2 aromatic rings. The summed E-state index contributed by atoms with van der Waals surface area (Å²) in [4.78, 5) is 15.1.